The Balaban J connectivity index is 1.64. The number of aryl methyl sites for hydroxylation is 1. The van der Waals surface area contributed by atoms with Gasteiger partial charge in [-0.25, -0.2) is 0 Å². The Bertz CT molecular complexity index is 767. The number of ether oxygens (including phenoxy) is 2. The summed E-state index contributed by atoms with van der Waals surface area (Å²) in [7, 11) is 0. The van der Waals surface area contributed by atoms with Crippen molar-refractivity contribution >= 4 is 5.69 Å². The van der Waals surface area contributed by atoms with E-state index in [0.29, 0.717) is 18.0 Å². The highest BCUT2D eigenvalue weighted by Crippen LogP contribution is 2.29. The Hall–Kier alpha value is -2.94. The number of rotatable bonds is 5. The van der Waals surface area contributed by atoms with Crippen molar-refractivity contribution in [2.75, 3.05) is 5.73 Å². The van der Waals surface area contributed by atoms with Crippen LogP contribution in [0.15, 0.2) is 72.8 Å². The molecule has 3 aromatic rings. The number of nitrogen functional groups attached to an aromatic ring is 1. The average Bonchev–Trinajstić information content (AvgIpc) is 2.58. The van der Waals surface area contributed by atoms with E-state index in [2.05, 4.69) is 0 Å². The van der Waals surface area contributed by atoms with Gasteiger partial charge in [-0.1, -0.05) is 36.4 Å². The van der Waals surface area contributed by atoms with Crippen molar-refractivity contribution in [1.82, 2.24) is 0 Å². The molecule has 0 amide bonds. The summed E-state index contributed by atoms with van der Waals surface area (Å²) in [6, 6.07) is 23.4. The van der Waals surface area contributed by atoms with Gasteiger partial charge >= 0.3 is 0 Å². The van der Waals surface area contributed by atoms with Crippen LogP contribution < -0.4 is 15.2 Å². The van der Waals surface area contributed by atoms with Gasteiger partial charge in [0.2, 0.25) is 0 Å². The van der Waals surface area contributed by atoms with Gasteiger partial charge in [-0.15, -0.1) is 0 Å². The molecule has 23 heavy (non-hydrogen) atoms. The molecule has 0 atom stereocenters. The molecular formula is C20H19NO2. The third-order valence-electron chi connectivity index (χ3n) is 3.47. The molecule has 3 nitrogen and oxygen atoms in total. The largest absolute Gasteiger partial charge is 0.489 e. The molecule has 3 rings (SSSR count). The lowest BCUT2D eigenvalue weighted by atomic mass is 10.2. The fraction of sp³-hybridized carbons (Fsp3) is 0.100. The van der Waals surface area contributed by atoms with E-state index in [1.807, 2.05) is 79.7 Å². The Morgan fingerprint density at radius 2 is 1.52 bits per heavy atom. The minimum atomic E-state index is 0.547. The molecule has 0 saturated heterocycles. The van der Waals surface area contributed by atoms with Crippen LogP contribution in [0.1, 0.15) is 11.1 Å². The van der Waals surface area contributed by atoms with E-state index in [1.54, 1.807) is 0 Å². The number of hydrogen-bond acceptors (Lipinski definition) is 3. The van der Waals surface area contributed by atoms with Gasteiger partial charge in [0.05, 0.1) is 5.69 Å². The number of anilines is 1. The van der Waals surface area contributed by atoms with Crippen LogP contribution in [0, 0.1) is 6.92 Å². The Kier molecular flexibility index (Phi) is 4.48. The molecule has 0 radical (unpaired) electrons. The van der Waals surface area contributed by atoms with Crippen molar-refractivity contribution in [1.29, 1.82) is 0 Å². The third kappa shape index (κ3) is 4.04. The molecule has 0 unspecified atom stereocenters. The van der Waals surface area contributed by atoms with Crippen molar-refractivity contribution in [3.05, 3.63) is 83.9 Å². The average molecular weight is 305 g/mol. The maximum Gasteiger partial charge on any atom is 0.150 e. The van der Waals surface area contributed by atoms with Gasteiger partial charge in [-0.2, -0.15) is 0 Å². The monoisotopic (exact) mass is 305 g/mol. The summed E-state index contributed by atoms with van der Waals surface area (Å²) in [5.74, 6) is 2.20. The Morgan fingerprint density at radius 3 is 2.26 bits per heavy atom. The fourth-order valence-electron chi connectivity index (χ4n) is 2.20. The quantitative estimate of drug-likeness (QED) is 0.678. The van der Waals surface area contributed by atoms with Crippen LogP contribution in [0.4, 0.5) is 5.69 Å². The first-order valence-electron chi connectivity index (χ1n) is 7.51. The zero-order valence-corrected chi connectivity index (χ0v) is 13.0. The van der Waals surface area contributed by atoms with Crippen LogP contribution in [0.25, 0.3) is 0 Å². The lowest BCUT2D eigenvalue weighted by Crippen LogP contribution is -1.95. The zero-order valence-electron chi connectivity index (χ0n) is 13.0. The van der Waals surface area contributed by atoms with Gasteiger partial charge in [-0.05, 0) is 54.4 Å². The van der Waals surface area contributed by atoms with Crippen LogP contribution >= 0.6 is 0 Å². The molecular weight excluding hydrogens is 286 g/mol. The molecule has 0 bridgehead atoms. The highest BCUT2D eigenvalue weighted by atomic mass is 16.5. The molecule has 0 aliphatic heterocycles. The van der Waals surface area contributed by atoms with Crippen molar-refractivity contribution in [3.8, 4) is 17.2 Å². The molecule has 0 fully saturated rings. The molecule has 0 spiro atoms. The predicted molar refractivity (Wildman–Crippen MR) is 92.9 cm³/mol. The Labute approximate surface area is 136 Å². The summed E-state index contributed by atoms with van der Waals surface area (Å²) in [5, 5.41) is 0. The third-order valence-corrected chi connectivity index (χ3v) is 3.47. The second-order valence-electron chi connectivity index (χ2n) is 5.39. The summed E-state index contributed by atoms with van der Waals surface area (Å²) in [5.41, 5.74) is 8.80. The van der Waals surface area contributed by atoms with Gasteiger partial charge in [0, 0.05) is 0 Å². The topological polar surface area (TPSA) is 44.5 Å². The van der Waals surface area contributed by atoms with Gasteiger partial charge in [-0.3, -0.25) is 0 Å². The van der Waals surface area contributed by atoms with Crippen molar-refractivity contribution in [2.45, 2.75) is 13.5 Å². The molecule has 0 saturated carbocycles. The second-order valence-corrected chi connectivity index (χ2v) is 5.39. The molecule has 3 aromatic carbocycles. The van der Waals surface area contributed by atoms with Crippen molar-refractivity contribution in [3.63, 3.8) is 0 Å². The molecule has 3 heteroatoms. The fourth-order valence-corrected chi connectivity index (χ4v) is 2.20. The first-order chi connectivity index (χ1) is 11.2. The van der Waals surface area contributed by atoms with E-state index >= 15 is 0 Å². The van der Waals surface area contributed by atoms with E-state index in [0.717, 1.165) is 22.6 Å². The second kappa shape index (κ2) is 6.88. The standard InChI is InChI=1S/C20H19NO2/c1-15-7-12-19(21)20(13-15)23-18-10-8-17(9-11-18)22-14-16-5-3-2-4-6-16/h2-13H,14,21H2,1H3. The van der Waals surface area contributed by atoms with E-state index in [9.17, 15) is 0 Å². The highest BCUT2D eigenvalue weighted by Gasteiger charge is 2.03. The highest BCUT2D eigenvalue weighted by molar-refractivity contribution is 5.55. The van der Waals surface area contributed by atoms with E-state index in [1.165, 1.54) is 0 Å². The molecule has 116 valence electrons. The first-order valence-corrected chi connectivity index (χ1v) is 7.51. The summed E-state index contributed by atoms with van der Waals surface area (Å²) >= 11 is 0. The SMILES string of the molecule is Cc1ccc(N)c(Oc2ccc(OCc3ccccc3)cc2)c1. The summed E-state index contributed by atoms with van der Waals surface area (Å²) in [6.45, 7) is 2.55. The van der Waals surface area contributed by atoms with Crippen molar-refractivity contribution < 1.29 is 9.47 Å². The first kappa shape index (κ1) is 15.0. The van der Waals surface area contributed by atoms with E-state index < -0.39 is 0 Å². The Morgan fingerprint density at radius 1 is 0.826 bits per heavy atom. The maximum atomic E-state index is 5.93. The van der Waals surface area contributed by atoms with Crippen LogP contribution in [-0.2, 0) is 6.61 Å². The minimum Gasteiger partial charge on any atom is -0.489 e. The normalized spacial score (nSPS) is 10.3. The molecule has 2 N–H and O–H groups in total. The maximum absolute atomic E-state index is 5.93. The molecule has 0 aromatic heterocycles. The molecule has 0 aliphatic rings. The van der Waals surface area contributed by atoms with E-state index in [-0.39, 0.29) is 0 Å². The van der Waals surface area contributed by atoms with Crippen LogP contribution in [0.5, 0.6) is 17.2 Å². The van der Waals surface area contributed by atoms with Crippen LogP contribution in [0.3, 0.4) is 0 Å². The predicted octanol–water partition coefficient (Wildman–Crippen LogP) is 4.95. The van der Waals surface area contributed by atoms with Gasteiger partial charge in [0.25, 0.3) is 0 Å². The summed E-state index contributed by atoms with van der Waals surface area (Å²) < 4.78 is 11.6. The lowest BCUT2D eigenvalue weighted by Gasteiger charge is -2.10. The number of hydrogen-bond donors (Lipinski definition) is 1. The summed E-state index contributed by atoms with van der Waals surface area (Å²) in [6.07, 6.45) is 0. The zero-order chi connectivity index (χ0) is 16.1. The van der Waals surface area contributed by atoms with Gasteiger partial charge < -0.3 is 15.2 Å². The smallest absolute Gasteiger partial charge is 0.150 e. The number of nitrogens with two attached hydrogens (primary N) is 1. The van der Waals surface area contributed by atoms with Crippen LogP contribution in [0.2, 0.25) is 0 Å². The van der Waals surface area contributed by atoms with Gasteiger partial charge in [0.1, 0.15) is 18.1 Å². The van der Waals surface area contributed by atoms with E-state index in [4.69, 9.17) is 15.2 Å². The van der Waals surface area contributed by atoms with Gasteiger partial charge in [0.15, 0.2) is 5.75 Å². The number of benzene rings is 3. The molecule has 0 aliphatic carbocycles. The van der Waals surface area contributed by atoms with Crippen molar-refractivity contribution in [2.24, 2.45) is 0 Å². The molecule has 0 heterocycles. The lowest BCUT2D eigenvalue weighted by molar-refractivity contribution is 0.306. The van der Waals surface area contributed by atoms with Crippen LogP contribution in [-0.4, -0.2) is 0 Å². The summed E-state index contributed by atoms with van der Waals surface area (Å²) in [4.78, 5) is 0. The minimum absolute atomic E-state index is 0.547.